The van der Waals surface area contributed by atoms with Crippen LogP contribution < -0.4 is 11.1 Å². The molecule has 0 spiro atoms. The largest absolute Gasteiger partial charge is 0.396 e. The van der Waals surface area contributed by atoms with E-state index in [4.69, 9.17) is 5.73 Å². The number of likely N-dealkylation sites (tertiary alicyclic amines) is 1. The molecule has 3 N–H and O–H groups in total. The zero-order valence-electron chi connectivity index (χ0n) is 11.4. The molecule has 1 atom stereocenters. The first-order valence-corrected chi connectivity index (χ1v) is 6.43. The second kappa shape index (κ2) is 5.17. The fourth-order valence-corrected chi connectivity index (χ4v) is 2.61. The second-order valence-electron chi connectivity index (χ2n) is 5.46. The van der Waals surface area contributed by atoms with Crippen molar-refractivity contribution in [1.82, 2.24) is 10.2 Å². The lowest BCUT2D eigenvalue weighted by molar-refractivity contribution is -0.129. The minimum Gasteiger partial charge on any atom is -0.396 e. The smallest absolute Gasteiger partial charge is 0.227 e. The van der Waals surface area contributed by atoms with Crippen LogP contribution in [0.25, 0.3) is 0 Å². The van der Waals surface area contributed by atoms with Gasteiger partial charge in [0.15, 0.2) is 0 Å². The first-order valence-electron chi connectivity index (χ1n) is 6.43. The van der Waals surface area contributed by atoms with Crippen molar-refractivity contribution in [2.45, 2.75) is 19.9 Å². The molecule has 0 saturated carbocycles. The van der Waals surface area contributed by atoms with E-state index in [0.29, 0.717) is 13.1 Å². The molecule has 0 aromatic heterocycles. The number of nitrogens with one attached hydrogen (secondary N) is 1. The summed E-state index contributed by atoms with van der Waals surface area (Å²) < 4.78 is 13.4. The summed E-state index contributed by atoms with van der Waals surface area (Å²) in [6, 6.07) is 4.87. The predicted octanol–water partition coefficient (Wildman–Crippen LogP) is 1.37. The highest BCUT2D eigenvalue weighted by Gasteiger charge is 2.39. The molecule has 0 bridgehead atoms. The van der Waals surface area contributed by atoms with Crippen LogP contribution in [0.1, 0.15) is 18.9 Å². The van der Waals surface area contributed by atoms with Crippen molar-refractivity contribution in [1.29, 1.82) is 0 Å². The van der Waals surface area contributed by atoms with Crippen molar-refractivity contribution in [2.24, 2.45) is 5.41 Å². The molecular formula is C14H20FN3O. The highest BCUT2D eigenvalue weighted by atomic mass is 19.1. The van der Waals surface area contributed by atoms with E-state index >= 15 is 0 Å². The van der Waals surface area contributed by atoms with Crippen LogP contribution in [0, 0.1) is 11.2 Å². The highest BCUT2D eigenvalue weighted by molar-refractivity contribution is 5.82. The molecule has 1 aliphatic heterocycles. The summed E-state index contributed by atoms with van der Waals surface area (Å²) in [7, 11) is 1.66. The SMILES string of the molecule is CNC(=O)C1(C)CCN(Cc2ccc(N)c(F)c2)C1. The Balaban J connectivity index is 2.02. The Kier molecular flexibility index (Phi) is 3.75. The Morgan fingerprint density at radius 3 is 2.95 bits per heavy atom. The van der Waals surface area contributed by atoms with Gasteiger partial charge in [0.1, 0.15) is 5.82 Å². The van der Waals surface area contributed by atoms with E-state index in [9.17, 15) is 9.18 Å². The number of benzene rings is 1. The highest BCUT2D eigenvalue weighted by Crippen LogP contribution is 2.31. The fourth-order valence-electron chi connectivity index (χ4n) is 2.61. The maximum atomic E-state index is 13.4. The topological polar surface area (TPSA) is 58.4 Å². The van der Waals surface area contributed by atoms with E-state index in [0.717, 1.165) is 18.5 Å². The standard InChI is InChI=1S/C14H20FN3O/c1-14(13(19)17-2)5-6-18(9-14)8-10-3-4-12(16)11(15)7-10/h3-4,7H,5-6,8-9,16H2,1-2H3,(H,17,19). The molecule has 1 amide bonds. The summed E-state index contributed by atoms with van der Waals surface area (Å²) in [6.07, 6.45) is 0.824. The second-order valence-corrected chi connectivity index (χ2v) is 5.46. The summed E-state index contributed by atoms with van der Waals surface area (Å²) in [5, 5.41) is 2.71. The van der Waals surface area contributed by atoms with Gasteiger partial charge in [0, 0.05) is 20.1 Å². The quantitative estimate of drug-likeness (QED) is 0.811. The van der Waals surface area contributed by atoms with Gasteiger partial charge in [0.05, 0.1) is 11.1 Å². The van der Waals surface area contributed by atoms with Crippen LogP contribution >= 0.6 is 0 Å². The van der Waals surface area contributed by atoms with Crippen LogP contribution in [0.5, 0.6) is 0 Å². The van der Waals surface area contributed by atoms with Gasteiger partial charge in [-0.3, -0.25) is 9.69 Å². The molecule has 5 heteroatoms. The van der Waals surface area contributed by atoms with E-state index in [1.807, 2.05) is 13.0 Å². The van der Waals surface area contributed by atoms with Crippen molar-refractivity contribution in [3.8, 4) is 0 Å². The van der Waals surface area contributed by atoms with Crippen LogP contribution in [0.4, 0.5) is 10.1 Å². The normalized spacial score (nSPS) is 23.5. The minimum atomic E-state index is -0.384. The number of nitrogens with zero attached hydrogens (tertiary/aromatic N) is 1. The van der Waals surface area contributed by atoms with E-state index < -0.39 is 0 Å². The number of amides is 1. The zero-order valence-corrected chi connectivity index (χ0v) is 11.4. The summed E-state index contributed by atoms with van der Waals surface area (Å²) in [6.45, 7) is 4.15. The van der Waals surface area contributed by atoms with E-state index in [1.54, 1.807) is 13.1 Å². The molecule has 19 heavy (non-hydrogen) atoms. The summed E-state index contributed by atoms with van der Waals surface area (Å²) in [4.78, 5) is 14.0. The third kappa shape index (κ3) is 2.87. The third-order valence-corrected chi connectivity index (χ3v) is 3.80. The first kappa shape index (κ1) is 13.8. The van der Waals surface area contributed by atoms with Gasteiger partial charge in [-0.25, -0.2) is 4.39 Å². The molecule has 4 nitrogen and oxygen atoms in total. The average Bonchev–Trinajstić information content (AvgIpc) is 2.76. The average molecular weight is 265 g/mol. The van der Waals surface area contributed by atoms with Gasteiger partial charge in [-0.05, 0) is 37.6 Å². The number of rotatable bonds is 3. The van der Waals surface area contributed by atoms with Gasteiger partial charge in [-0.1, -0.05) is 6.07 Å². The van der Waals surface area contributed by atoms with Gasteiger partial charge in [0.2, 0.25) is 5.91 Å². The van der Waals surface area contributed by atoms with Crippen molar-refractivity contribution < 1.29 is 9.18 Å². The molecule has 0 radical (unpaired) electrons. The monoisotopic (exact) mass is 265 g/mol. The fraction of sp³-hybridized carbons (Fsp3) is 0.500. The number of halogens is 1. The number of nitrogen functional groups attached to an aromatic ring is 1. The van der Waals surface area contributed by atoms with Gasteiger partial charge in [-0.15, -0.1) is 0 Å². The van der Waals surface area contributed by atoms with Crippen LogP contribution in [-0.4, -0.2) is 30.9 Å². The van der Waals surface area contributed by atoms with E-state index in [1.165, 1.54) is 6.07 Å². The lowest BCUT2D eigenvalue weighted by Crippen LogP contribution is -2.39. The number of nitrogens with two attached hydrogens (primary N) is 1. The molecule has 1 aliphatic rings. The van der Waals surface area contributed by atoms with Crippen molar-refractivity contribution >= 4 is 11.6 Å². The lowest BCUT2D eigenvalue weighted by Gasteiger charge is -2.22. The molecule has 1 fully saturated rings. The molecule has 1 unspecified atom stereocenters. The Bertz CT molecular complexity index is 492. The number of hydrogen-bond donors (Lipinski definition) is 2. The van der Waals surface area contributed by atoms with Gasteiger partial charge in [0.25, 0.3) is 0 Å². The van der Waals surface area contributed by atoms with Crippen LogP contribution in [-0.2, 0) is 11.3 Å². The molecule has 1 heterocycles. The Labute approximate surface area is 112 Å². The van der Waals surface area contributed by atoms with Crippen LogP contribution in [0.15, 0.2) is 18.2 Å². The Morgan fingerprint density at radius 1 is 1.58 bits per heavy atom. The summed E-state index contributed by atoms with van der Waals surface area (Å²) in [5.74, 6) is -0.316. The van der Waals surface area contributed by atoms with Gasteiger partial charge < -0.3 is 11.1 Å². The maximum absolute atomic E-state index is 13.4. The number of anilines is 1. The van der Waals surface area contributed by atoms with Crippen LogP contribution in [0.2, 0.25) is 0 Å². The number of carbonyl (C=O) groups is 1. The number of carbonyl (C=O) groups excluding carboxylic acids is 1. The van der Waals surface area contributed by atoms with Gasteiger partial charge >= 0.3 is 0 Å². The van der Waals surface area contributed by atoms with Crippen LogP contribution in [0.3, 0.4) is 0 Å². The predicted molar refractivity (Wildman–Crippen MR) is 72.9 cm³/mol. The first-order chi connectivity index (χ1) is 8.94. The lowest BCUT2D eigenvalue weighted by atomic mass is 9.89. The Hall–Kier alpha value is -1.62. The van der Waals surface area contributed by atoms with E-state index in [-0.39, 0.29) is 22.8 Å². The maximum Gasteiger partial charge on any atom is 0.227 e. The van der Waals surface area contributed by atoms with Gasteiger partial charge in [-0.2, -0.15) is 0 Å². The molecule has 2 rings (SSSR count). The van der Waals surface area contributed by atoms with E-state index in [2.05, 4.69) is 10.2 Å². The minimum absolute atomic E-state index is 0.0680. The zero-order chi connectivity index (χ0) is 14.0. The van der Waals surface area contributed by atoms with Crippen molar-refractivity contribution in [3.05, 3.63) is 29.6 Å². The number of hydrogen-bond acceptors (Lipinski definition) is 3. The third-order valence-electron chi connectivity index (χ3n) is 3.80. The molecule has 104 valence electrons. The molecule has 1 aromatic carbocycles. The molecule has 0 aliphatic carbocycles. The molecule has 1 saturated heterocycles. The molecule has 1 aromatic rings. The Morgan fingerprint density at radius 2 is 2.32 bits per heavy atom. The van der Waals surface area contributed by atoms with Crippen molar-refractivity contribution in [2.75, 3.05) is 25.9 Å². The summed E-state index contributed by atoms with van der Waals surface area (Å²) in [5.41, 5.74) is 6.16. The van der Waals surface area contributed by atoms with Crippen molar-refractivity contribution in [3.63, 3.8) is 0 Å². The molecular weight excluding hydrogens is 245 g/mol. The summed E-state index contributed by atoms with van der Waals surface area (Å²) >= 11 is 0.